The van der Waals surface area contributed by atoms with E-state index in [1.807, 2.05) is 92.3 Å². The number of hydrogen-bond acceptors (Lipinski definition) is 5. The molecule has 3 aromatic carbocycles. The fourth-order valence-corrected chi connectivity index (χ4v) is 8.03. The normalized spacial score (nSPS) is 25.6. The molecule has 3 heterocycles. The maximum absolute atomic E-state index is 14.5. The summed E-state index contributed by atoms with van der Waals surface area (Å²) in [4.78, 5) is 49.4. The largest absolute Gasteiger partial charge is 1.00 e. The number of nitrogens with zero attached hydrogens (tertiary/aromatic N) is 3. The van der Waals surface area contributed by atoms with Gasteiger partial charge >= 0.3 is 0 Å². The SMILES string of the molecule is C[n+]1cccc2c3c(c4cccnc4c21)[C@]1(C)C(=O)[C@@]3(C)[C@H]2C(=O)N(c3ccccc3Oc3ccccc3)C(=O)[C@H]21.[I-]. The summed E-state index contributed by atoms with van der Waals surface area (Å²) in [5.74, 6) is -1.47. The maximum Gasteiger partial charge on any atom is 0.239 e. The Bertz CT molecular complexity index is 2010. The highest BCUT2D eigenvalue weighted by Gasteiger charge is 2.79. The third-order valence-corrected chi connectivity index (χ3v) is 9.61. The summed E-state index contributed by atoms with van der Waals surface area (Å²) in [5.41, 5.74) is 1.36. The highest BCUT2D eigenvalue weighted by molar-refractivity contribution is 6.31. The number of imide groups is 1. The van der Waals surface area contributed by atoms with E-state index in [-0.39, 0.29) is 41.6 Å². The minimum absolute atomic E-state index is 0. The molecule has 2 aromatic heterocycles. The molecule has 4 atom stereocenters. The van der Waals surface area contributed by atoms with Gasteiger partial charge in [-0.05, 0) is 61.4 Å². The maximum atomic E-state index is 14.5. The number of ketones is 1. The summed E-state index contributed by atoms with van der Waals surface area (Å²) in [6, 6.07) is 24.1. The molecule has 0 unspecified atom stereocenters. The van der Waals surface area contributed by atoms with Crippen molar-refractivity contribution in [1.82, 2.24) is 4.98 Å². The van der Waals surface area contributed by atoms with Crippen molar-refractivity contribution >= 4 is 45.1 Å². The van der Waals surface area contributed by atoms with E-state index in [1.54, 1.807) is 24.4 Å². The fraction of sp³-hybridized carbons (Fsp3) is 0.206. The molecule has 1 saturated carbocycles. The number of amides is 2. The number of carbonyl (C=O) groups excluding carboxylic acids is 3. The standard InChI is InChI=1S/C34H26N3O4.HI/c1-33-24-20-13-9-17-35-28(20)29-21(14-10-18-36(29)3)25(24)34(2,32(33)40)27-26(33)30(38)37(31(27)39)22-15-7-8-16-23(22)41-19-11-5-4-6-12-19;/h4-18,26-27H,1-3H3;1H/q+1;/p-1/t26-,27+,33-,34+;/m0./s1. The molecule has 2 aliphatic carbocycles. The number of pyridine rings is 2. The van der Waals surface area contributed by atoms with E-state index >= 15 is 0 Å². The van der Waals surface area contributed by atoms with Gasteiger partial charge in [0.1, 0.15) is 18.3 Å². The fourth-order valence-electron chi connectivity index (χ4n) is 8.03. The Balaban J connectivity index is 0.00000288. The lowest BCUT2D eigenvalue weighted by Crippen LogP contribution is -3.00. The van der Waals surface area contributed by atoms with Crippen molar-refractivity contribution in [2.45, 2.75) is 24.7 Å². The molecule has 5 aromatic rings. The third kappa shape index (κ3) is 3.02. The van der Waals surface area contributed by atoms with Gasteiger partial charge in [0.2, 0.25) is 17.3 Å². The first-order valence-corrected chi connectivity index (χ1v) is 13.7. The number of aryl methyl sites for hydroxylation is 1. The van der Waals surface area contributed by atoms with Crippen LogP contribution < -0.4 is 38.2 Å². The van der Waals surface area contributed by atoms with E-state index < -0.39 is 22.7 Å². The van der Waals surface area contributed by atoms with Crippen molar-refractivity contribution in [2.75, 3.05) is 4.90 Å². The Morgan fingerprint density at radius 3 is 2.12 bits per heavy atom. The second-order valence-corrected chi connectivity index (χ2v) is 11.6. The average molecular weight is 668 g/mol. The van der Waals surface area contributed by atoms with Gasteiger partial charge in [0, 0.05) is 17.6 Å². The first-order valence-electron chi connectivity index (χ1n) is 13.7. The van der Waals surface area contributed by atoms with Crippen LogP contribution in [0.5, 0.6) is 11.5 Å². The van der Waals surface area contributed by atoms with Gasteiger partial charge in [0.15, 0.2) is 17.7 Å². The zero-order valence-electron chi connectivity index (χ0n) is 23.2. The minimum Gasteiger partial charge on any atom is -1.00 e. The lowest BCUT2D eigenvalue weighted by Gasteiger charge is -2.34. The molecular formula is C34H26IN3O4. The van der Waals surface area contributed by atoms with E-state index in [9.17, 15) is 14.4 Å². The lowest BCUT2D eigenvalue weighted by molar-refractivity contribution is -0.644. The van der Waals surface area contributed by atoms with Crippen molar-refractivity contribution in [1.29, 1.82) is 0 Å². The molecule has 2 amide bonds. The number of para-hydroxylation sites is 3. The van der Waals surface area contributed by atoms with Gasteiger partial charge in [-0.2, -0.15) is 4.57 Å². The molecule has 1 saturated heterocycles. The quantitative estimate of drug-likeness (QED) is 0.127. The molecule has 3 aliphatic rings. The van der Waals surface area contributed by atoms with Crippen LogP contribution in [-0.4, -0.2) is 22.6 Å². The van der Waals surface area contributed by atoms with Gasteiger partial charge < -0.3 is 28.7 Å². The van der Waals surface area contributed by atoms with Crippen LogP contribution in [0.25, 0.3) is 21.8 Å². The zero-order valence-corrected chi connectivity index (χ0v) is 25.3. The summed E-state index contributed by atoms with van der Waals surface area (Å²) in [5, 5.41) is 1.74. The Morgan fingerprint density at radius 1 is 0.786 bits per heavy atom. The molecule has 0 N–H and O–H groups in total. The summed E-state index contributed by atoms with van der Waals surface area (Å²) in [7, 11) is 1.96. The lowest BCUT2D eigenvalue weighted by atomic mass is 9.64. The van der Waals surface area contributed by atoms with Crippen LogP contribution >= 0.6 is 0 Å². The number of rotatable bonds is 3. The van der Waals surface area contributed by atoms with Gasteiger partial charge in [-0.3, -0.25) is 14.4 Å². The van der Waals surface area contributed by atoms with Gasteiger partial charge in [-0.1, -0.05) is 36.4 Å². The average Bonchev–Trinajstić information content (AvgIpc) is 3.43. The predicted molar refractivity (Wildman–Crippen MR) is 153 cm³/mol. The number of halogens is 1. The molecule has 208 valence electrons. The number of ether oxygens (including phenoxy) is 1. The van der Waals surface area contributed by atoms with Crippen LogP contribution in [0, 0.1) is 11.8 Å². The first-order chi connectivity index (χ1) is 19.8. The summed E-state index contributed by atoms with van der Waals surface area (Å²) >= 11 is 0. The predicted octanol–water partition coefficient (Wildman–Crippen LogP) is 1.93. The molecule has 8 heteroatoms. The van der Waals surface area contributed by atoms with Crippen LogP contribution in [0.15, 0.2) is 91.3 Å². The highest BCUT2D eigenvalue weighted by atomic mass is 127. The van der Waals surface area contributed by atoms with Gasteiger partial charge in [-0.15, -0.1) is 0 Å². The van der Waals surface area contributed by atoms with Crippen molar-refractivity contribution in [3.05, 3.63) is 102 Å². The number of hydrogen-bond donors (Lipinski definition) is 0. The highest BCUT2D eigenvalue weighted by Crippen LogP contribution is 2.68. The molecule has 1 aliphatic heterocycles. The number of Topliss-reactive ketones (excluding diaryl/α,β-unsaturated/α-hetero) is 1. The van der Waals surface area contributed by atoms with Crippen molar-refractivity contribution in [3.8, 4) is 11.5 Å². The molecular weight excluding hydrogens is 641 g/mol. The summed E-state index contributed by atoms with van der Waals surface area (Å²) in [6.07, 6.45) is 3.71. The second-order valence-electron chi connectivity index (χ2n) is 11.6. The first kappa shape index (κ1) is 26.7. The second kappa shape index (κ2) is 8.91. The Morgan fingerprint density at radius 2 is 1.40 bits per heavy atom. The molecule has 2 bridgehead atoms. The Kier molecular flexibility index (Phi) is 5.66. The van der Waals surface area contributed by atoms with Crippen molar-refractivity contribution < 1.29 is 47.7 Å². The number of anilines is 1. The van der Waals surface area contributed by atoms with Crippen LogP contribution in [-0.2, 0) is 32.3 Å². The summed E-state index contributed by atoms with van der Waals surface area (Å²) < 4.78 is 8.16. The molecule has 0 spiro atoms. The van der Waals surface area contributed by atoms with Crippen LogP contribution in [0.4, 0.5) is 5.69 Å². The molecule has 7 nitrogen and oxygen atoms in total. The van der Waals surface area contributed by atoms with Crippen molar-refractivity contribution in [3.63, 3.8) is 0 Å². The number of benzene rings is 3. The molecule has 0 radical (unpaired) electrons. The van der Waals surface area contributed by atoms with E-state index in [4.69, 9.17) is 9.72 Å². The van der Waals surface area contributed by atoms with Gasteiger partial charge in [0.05, 0.1) is 33.7 Å². The van der Waals surface area contributed by atoms with Gasteiger partial charge in [-0.25, -0.2) is 9.88 Å². The summed E-state index contributed by atoms with van der Waals surface area (Å²) in [6.45, 7) is 3.71. The van der Waals surface area contributed by atoms with Crippen LogP contribution in [0.3, 0.4) is 0 Å². The Labute approximate surface area is 259 Å². The zero-order chi connectivity index (χ0) is 28.3. The van der Waals surface area contributed by atoms with E-state index in [1.165, 1.54) is 4.90 Å². The smallest absolute Gasteiger partial charge is 0.239 e. The van der Waals surface area contributed by atoms with Crippen LogP contribution in [0.2, 0.25) is 0 Å². The monoisotopic (exact) mass is 667 g/mol. The van der Waals surface area contributed by atoms with E-state index in [0.717, 1.165) is 32.9 Å². The van der Waals surface area contributed by atoms with E-state index in [0.29, 0.717) is 17.2 Å². The molecule has 2 fully saturated rings. The van der Waals surface area contributed by atoms with E-state index in [2.05, 4.69) is 0 Å². The molecule has 42 heavy (non-hydrogen) atoms. The van der Waals surface area contributed by atoms with Gasteiger partial charge in [0.25, 0.3) is 0 Å². The topological polar surface area (TPSA) is 80.5 Å². The number of carbonyl (C=O) groups is 3. The number of fused-ring (bicyclic) bond motifs is 13. The minimum atomic E-state index is -1.19. The van der Waals surface area contributed by atoms with Crippen molar-refractivity contribution in [2.24, 2.45) is 18.9 Å². The Hall–Kier alpha value is -4.18. The van der Waals surface area contributed by atoms with Crippen LogP contribution in [0.1, 0.15) is 25.0 Å². The third-order valence-electron chi connectivity index (χ3n) is 9.61. The molecule has 8 rings (SSSR count). The number of aromatic nitrogens is 2.